The lowest BCUT2D eigenvalue weighted by atomic mass is 10.2. The molecule has 1 heterocycles. The van der Waals surface area contributed by atoms with Gasteiger partial charge in [-0.1, -0.05) is 0 Å². The van der Waals surface area contributed by atoms with Gasteiger partial charge in [0.05, 0.1) is 12.3 Å². The van der Waals surface area contributed by atoms with Crippen LogP contribution in [0.2, 0.25) is 0 Å². The van der Waals surface area contributed by atoms with Crippen molar-refractivity contribution in [3.8, 4) is 11.5 Å². The predicted octanol–water partition coefficient (Wildman–Crippen LogP) is 1.90. The highest BCUT2D eigenvalue weighted by atomic mass is 16.5. The van der Waals surface area contributed by atoms with Gasteiger partial charge in [-0.15, -0.1) is 0 Å². The number of aromatic nitrogens is 1. The van der Waals surface area contributed by atoms with Crippen molar-refractivity contribution in [2.75, 3.05) is 0 Å². The average Bonchev–Trinajstić information content (AvgIpc) is 3.02. The SMILES string of the molecule is CC(C)(C)Oc1cnc(C(N)=O)cc1OC1CC1. The van der Waals surface area contributed by atoms with E-state index in [0.29, 0.717) is 11.5 Å². The molecule has 5 heteroatoms. The minimum Gasteiger partial charge on any atom is -0.486 e. The number of hydrogen-bond acceptors (Lipinski definition) is 4. The lowest BCUT2D eigenvalue weighted by molar-refractivity contribution is 0.0993. The summed E-state index contributed by atoms with van der Waals surface area (Å²) < 4.78 is 11.5. The van der Waals surface area contributed by atoms with Gasteiger partial charge in [0.1, 0.15) is 11.3 Å². The molecule has 98 valence electrons. The maximum absolute atomic E-state index is 11.1. The summed E-state index contributed by atoms with van der Waals surface area (Å²) in [6, 6.07) is 1.54. The molecule has 1 fully saturated rings. The normalized spacial score (nSPS) is 15.3. The number of hydrogen-bond donors (Lipinski definition) is 1. The van der Waals surface area contributed by atoms with Crippen molar-refractivity contribution >= 4 is 5.91 Å². The molecule has 2 rings (SSSR count). The van der Waals surface area contributed by atoms with Gasteiger partial charge in [0, 0.05) is 6.07 Å². The highest BCUT2D eigenvalue weighted by Crippen LogP contribution is 2.35. The summed E-state index contributed by atoms with van der Waals surface area (Å²) in [4.78, 5) is 15.1. The number of pyridine rings is 1. The molecule has 5 nitrogen and oxygen atoms in total. The third-order valence-electron chi connectivity index (χ3n) is 2.32. The molecule has 0 aliphatic heterocycles. The number of carbonyl (C=O) groups is 1. The van der Waals surface area contributed by atoms with Crippen LogP contribution in [0.4, 0.5) is 0 Å². The van der Waals surface area contributed by atoms with Gasteiger partial charge in [-0.2, -0.15) is 0 Å². The van der Waals surface area contributed by atoms with Gasteiger partial charge in [0.25, 0.3) is 5.91 Å². The summed E-state index contributed by atoms with van der Waals surface area (Å²) in [5.41, 5.74) is 5.05. The Labute approximate surface area is 106 Å². The Morgan fingerprint density at radius 2 is 2.06 bits per heavy atom. The van der Waals surface area contributed by atoms with Crippen LogP contribution < -0.4 is 15.2 Å². The summed E-state index contributed by atoms with van der Waals surface area (Å²) in [5.74, 6) is 0.508. The minimum absolute atomic E-state index is 0.187. The molecule has 18 heavy (non-hydrogen) atoms. The van der Waals surface area contributed by atoms with Gasteiger partial charge in [-0.05, 0) is 33.6 Å². The maximum atomic E-state index is 11.1. The number of primary amides is 1. The molecule has 0 radical (unpaired) electrons. The molecule has 1 amide bonds. The second-order valence-electron chi connectivity index (χ2n) is 5.41. The molecule has 1 aromatic heterocycles. The number of ether oxygens (including phenoxy) is 2. The van der Waals surface area contributed by atoms with Crippen LogP contribution in [-0.2, 0) is 0 Å². The quantitative estimate of drug-likeness (QED) is 0.885. The Balaban J connectivity index is 2.28. The first-order valence-electron chi connectivity index (χ1n) is 6.01. The van der Waals surface area contributed by atoms with Crippen molar-refractivity contribution in [3.63, 3.8) is 0 Å². The van der Waals surface area contributed by atoms with Crippen LogP contribution in [0.15, 0.2) is 12.3 Å². The van der Waals surface area contributed by atoms with E-state index >= 15 is 0 Å². The molecule has 1 saturated carbocycles. The molecule has 0 spiro atoms. The van der Waals surface area contributed by atoms with Gasteiger partial charge >= 0.3 is 0 Å². The molecule has 0 aromatic carbocycles. The summed E-state index contributed by atoms with van der Waals surface area (Å²) in [5, 5.41) is 0. The fourth-order valence-corrected chi connectivity index (χ4v) is 1.42. The third-order valence-corrected chi connectivity index (χ3v) is 2.32. The molecular weight excluding hydrogens is 232 g/mol. The standard InChI is InChI=1S/C13H18N2O3/c1-13(2,3)18-11-7-15-9(12(14)16)6-10(11)17-8-4-5-8/h6-8H,4-5H2,1-3H3,(H2,14,16). The van der Waals surface area contributed by atoms with Crippen molar-refractivity contribution in [2.24, 2.45) is 5.73 Å². The predicted molar refractivity (Wildman–Crippen MR) is 66.8 cm³/mol. The van der Waals surface area contributed by atoms with Crippen LogP contribution in [-0.4, -0.2) is 22.6 Å². The van der Waals surface area contributed by atoms with Crippen LogP contribution in [0.5, 0.6) is 11.5 Å². The number of nitrogens with two attached hydrogens (primary N) is 1. The fraction of sp³-hybridized carbons (Fsp3) is 0.538. The van der Waals surface area contributed by atoms with E-state index in [9.17, 15) is 4.79 Å². The Bertz CT molecular complexity index is 462. The first kappa shape index (κ1) is 12.7. The van der Waals surface area contributed by atoms with Crippen molar-refractivity contribution in [1.82, 2.24) is 4.98 Å². The van der Waals surface area contributed by atoms with E-state index in [0.717, 1.165) is 12.8 Å². The zero-order chi connectivity index (χ0) is 13.3. The molecule has 0 bridgehead atoms. The summed E-state index contributed by atoms with van der Waals surface area (Å²) in [7, 11) is 0. The van der Waals surface area contributed by atoms with E-state index in [1.807, 2.05) is 20.8 Å². The van der Waals surface area contributed by atoms with E-state index in [4.69, 9.17) is 15.2 Å². The third kappa shape index (κ3) is 3.35. The van der Waals surface area contributed by atoms with E-state index < -0.39 is 5.91 Å². The van der Waals surface area contributed by atoms with Crippen molar-refractivity contribution in [1.29, 1.82) is 0 Å². The highest BCUT2D eigenvalue weighted by Gasteiger charge is 2.26. The van der Waals surface area contributed by atoms with Crippen LogP contribution in [0.3, 0.4) is 0 Å². The fourth-order valence-electron chi connectivity index (χ4n) is 1.42. The summed E-state index contributed by atoms with van der Waals surface area (Å²) >= 11 is 0. The molecule has 0 saturated heterocycles. The zero-order valence-corrected chi connectivity index (χ0v) is 10.9. The Morgan fingerprint density at radius 3 is 2.56 bits per heavy atom. The van der Waals surface area contributed by atoms with Crippen LogP contribution in [0, 0.1) is 0 Å². The average molecular weight is 250 g/mol. The van der Waals surface area contributed by atoms with Crippen molar-refractivity contribution in [3.05, 3.63) is 18.0 Å². The highest BCUT2D eigenvalue weighted by molar-refractivity contribution is 5.91. The smallest absolute Gasteiger partial charge is 0.267 e. The number of amides is 1. The topological polar surface area (TPSA) is 74.4 Å². The molecule has 0 atom stereocenters. The van der Waals surface area contributed by atoms with E-state index in [2.05, 4.69) is 4.98 Å². The second-order valence-corrected chi connectivity index (χ2v) is 5.41. The second kappa shape index (κ2) is 4.48. The largest absolute Gasteiger partial charge is 0.486 e. The van der Waals surface area contributed by atoms with E-state index in [-0.39, 0.29) is 17.4 Å². The van der Waals surface area contributed by atoms with Gasteiger partial charge < -0.3 is 15.2 Å². The van der Waals surface area contributed by atoms with Crippen LogP contribution >= 0.6 is 0 Å². The van der Waals surface area contributed by atoms with E-state index in [1.165, 1.54) is 6.20 Å². The Kier molecular flexibility index (Phi) is 3.15. The van der Waals surface area contributed by atoms with Gasteiger partial charge in [0.2, 0.25) is 0 Å². The van der Waals surface area contributed by atoms with Crippen molar-refractivity contribution < 1.29 is 14.3 Å². The van der Waals surface area contributed by atoms with Crippen LogP contribution in [0.25, 0.3) is 0 Å². The lowest BCUT2D eigenvalue weighted by Crippen LogP contribution is -2.24. The number of nitrogens with zero attached hydrogens (tertiary/aromatic N) is 1. The van der Waals surface area contributed by atoms with Gasteiger partial charge in [-0.3, -0.25) is 4.79 Å². The molecule has 2 N–H and O–H groups in total. The lowest BCUT2D eigenvalue weighted by Gasteiger charge is -2.23. The molecule has 1 aliphatic rings. The van der Waals surface area contributed by atoms with Gasteiger partial charge in [0.15, 0.2) is 11.5 Å². The molecule has 1 aliphatic carbocycles. The number of rotatable bonds is 4. The Morgan fingerprint density at radius 1 is 1.39 bits per heavy atom. The van der Waals surface area contributed by atoms with E-state index in [1.54, 1.807) is 6.07 Å². The summed E-state index contributed by atoms with van der Waals surface area (Å²) in [6.45, 7) is 5.82. The minimum atomic E-state index is -0.571. The first-order valence-corrected chi connectivity index (χ1v) is 6.01. The van der Waals surface area contributed by atoms with Crippen LogP contribution in [0.1, 0.15) is 44.1 Å². The first-order chi connectivity index (χ1) is 8.35. The molecular formula is C13H18N2O3. The van der Waals surface area contributed by atoms with Gasteiger partial charge in [-0.25, -0.2) is 4.98 Å². The molecule has 1 aromatic rings. The summed E-state index contributed by atoms with van der Waals surface area (Å²) in [6.07, 6.45) is 3.77. The number of carbonyl (C=O) groups excluding carboxylic acids is 1. The zero-order valence-electron chi connectivity index (χ0n) is 10.9. The molecule has 0 unspecified atom stereocenters. The maximum Gasteiger partial charge on any atom is 0.267 e. The monoisotopic (exact) mass is 250 g/mol. The van der Waals surface area contributed by atoms with Crippen molar-refractivity contribution in [2.45, 2.75) is 45.3 Å². The Hall–Kier alpha value is -1.78.